The maximum Gasteiger partial charge on any atom is 0.360 e. The van der Waals surface area contributed by atoms with Crippen LogP contribution in [0.2, 0.25) is 10.0 Å². The predicted octanol–water partition coefficient (Wildman–Crippen LogP) is 4.37. The van der Waals surface area contributed by atoms with Crippen LogP contribution in [0.1, 0.15) is 56.7 Å². The number of hydrogen-bond donors (Lipinski definition) is 1. The number of rotatable bonds is 6. The van der Waals surface area contributed by atoms with Gasteiger partial charge in [-0.25, -0.2) is 32.1 Å². The molecule has 1 aromatic carbocycles. The van der Waals surface area contributed by atoms with Gasteiger partial charge in [-0.1, -0.05) is 35.3 Å². The number of nitrogens with one attached hydrogen (secondary N) is 1. The number of halogens is 2. The average Bonchev–Trinajstić information content (AvgIpc) is 3.09. The van der Waals surface area contributed by atoms with E-state index in [9.17, 15) is 17.4 Å². The molecule has 0 unspecified atom stereocenters. The molecular weight excluding hydrogens is 583 g/mol. The van der Waals surface area contributed by atoms with Gasteiger partial charge < -0.3 is 9.64 Å². The molecule has 0 aliphatic carbocycles. The normalized spacial score (nSPS) is 21.2. The average molecular weight is 618 g/mol. The van der Waals surface area contributed by atoms with Gasteiger partial charge in [-0.2, -0.15) is 0 Å². The van der Waals surface area contributed by atoms with E-state index in [1.807, 2.05) is 25.7 Å². The van der Waals surface area contributed by atoms with Gasteiger partial charge in [0.05, 0.1) is 55.3 Å². The Morgan fingerprint density at radius 1 is 1.23 bits per heavy atom. The van der Waals surface area contributed by atoms with Crippen molar-refractivity contribution in [1.29, 1.82) is 0 Å². The molecular formula is C26H34Cl2N4O5S2. The molecule has 2 aromatic rings. The molecule has 3 heterocycles. The van der Waals surface area contributed by atoms with Crippen LogP contribution in [0.4, 0.5) is 5.82 Å². The number of aromatic nitrogens is 2. The van der Waals surface area contributed by atoms with Gasteiger partial charge in [0, 0.05) is 30.1 Å². The van der Waals surface area contributed by atoms with Crippen molar-refractivity contribution < 1.29 is 22.2 Å². The molecule has 1 spiro atoms. The number of benzene rings is 1. The summed E-state index contributed by atoms with van der Waals surface area (Å²) in [6.45, 7) is 10.1. The second-order valence-corrected chi connectivity index (χ2v) is 16.0. The molecule has 13 heteroatoms. The standard InChI is InChI=1S/C26H34Cl2N4O5S2/c1-6-37-24(33)22-23(29-16(2)21(30-22)17-8-7-9-18(27)20(17)28)32-12-10-26(11-13-32)15-39(35,36)14-19(26)31-38(34)25(3,4)5/h7-9,19,31H,6,10-15H2,1-5H3/t19-,38-/m1/s1. The first-order valence-electron chi connectivity index (χ1n) is 12.8. The van der Waals surface area contributed by atoms with E-state index >= 15 is 0 Å². The zero-order valence-corrected chi connectivity index (χ0v) is 25.9. The lowest BCUT2D eigenvalue weighted by Crippen LogP contribution is -2.53. The number of carbonyl (C=O) groups excluding carboxylic acids is 1. The molecule has 2 aliphatic heterocycles. The van der Waals surface area contributed by atoms with E-state index in [1.165, 1.54) is 0 Å². The number of nitrogens with zero attached hydrogens (tertiary/aromatic N) is 3. The number of aryl methyl sites for hydroxylation is 1. The highest BCUT2D eigenvalue weighted by Crippen LogP contribution is 2.44. The van der Waals surface area contributed by atoms with Crippen molar-refractivity contribution in [3.8, 4) is 11.3 Å². The van der Waals surface area contributed by atoms with E-state index in [4.69, 9.17) is 32.9 Å². The lowest BCUT2D eigenvalue weighted by Gasteiger charge is -2.43. The quantitative estimate of drug-likeness (QED) is 0.475. The highest BCUT2D eigenvalue weighted by atomic mass is 35.5. The molecule has 0 bridgehead atoms. The van der Waals surface area contributed by atoms with E-state index in [0.29, 0.717) is 58.7 Å². The summed E-state index contributed by atoms with van der Waals surface area (Å²) in [4.78, 5) is 24.4. The maximum absolute atomic E-state index is 13.0. The Labute approximate surface area is 242 Å². The van der Waals surface area contributed by atoms with Gasteiger partial charge in [0.1, 0.15) is 0 Å². The van der Waals surface area contributed by atoms with E-state index < -0.39 is 43.0 Å². The predicted molar refractivity (Wildman–Crippen MR) is 156 cm³/mol. The van der Waals surface area contributed by atoms with Crippen molar-refractivity contribution in [2.24, 2.45) is 5.41 Å². The van der Waals surface area contributed by atoms with Crippen LogP contribution in [0.15, 0.2) is 18.2 Å². The summed E-state index contributed by atoms with van der Waals surface area (Å²) in [6, 6.07) is 4.76. The zero-order valence-electron chi connectivity index (χ0n) is 22.7. The monoisotopic (exact) mass is 616 g/mol. The summed E-state index contributed by atoms with van der Waals surface area (Å²) in [6.07, 6.45) is 1.05. The largest absolute Gasteiger partial charge is 0.461 e. The third-order valence-corrected chi connectivity index (χ3v) is 11.5. The minimum Gasteiger partial charge on any atom is -0.461 e. The number of anilines is 1. The van der Waals surface area contributed by atoms with Crippen LogP contribution in [-0.2, 0) is 25.6 Å². The van der Waals surface area contributed by atoms with Gasteiger partial charge in [0.15, 0.2) is 21.3 Å². The minimum absolute atomic E-state index is 0.0362. The van der Waals surface area contributed by atoms with Crippen molar-refractivity contribution in [2.75, 3.05) is 36.1 Å². The summed E-state index contributed by atoms with van der Waals surface area (Å²) < 4.78 is 46.2. The Morgan fingerprint density at radius 3 is 2.51 bits per heavy atom. The summed E-state index contributed by atoms with van der Waals surface area (Å²) >= 11 is 12.7. The SMILES string of the molecule is CCOC(=O)c1nc(-c2cccc(Cl)c2Cl)c(C)nc1N1CCC2(CC1)CS(=O)(=O)C[C@H]2N[S@](=O)C(C)(C)C. The van der Waals surface area contributed by atoms with Gasteiger partial charge in [-0.3, -0.25) is 0 Å². The molecule has 214 valence electrons. The lowest BCUT2D eigenvalue weighted by molar-refractivity contribution is 0.0519. The fraction of sp³-hybridized carbons (Fsp3) is 0.577. The molecule has 1 aromatic heterocycles. The number of carbonyl (C=O) groups is 1. The van der Waals surface area contributed by atoms with Crippen LogP contribution in [0.5, 0.6) is 0 Å². The van der Waals surface area contributed by atoms with E-state index in [-0.39, 0.29) is 23.8 Å². The van der Waals surface area contributed by atoms with Gasteiger partial charge in [-0.15, -0.1) is 0 Å². The molecule has 4 rings (SSSR count). The minimum atomic E-state index is -3.30. The van der Waals surface area contributed by atoms with Crippen LogP contribution in [0.25, 0.3) is 11.3 Å². The van der Waals surface area contributed by atoms with Crippen LogP contribution in [0, 0.1) is 12.3 Å². The third kappa shape index (κ3) is 6.27. The van der Waals surface area contributed by atoms with Crippen molar-refractivity contribution in [1.82, 2.24) is 14.7 Å². The van der Waals surface area contributed by atoms with Gasteiger partial charge >= 0.3 is 5.97 Å². The van der Waals surface area contributed by atoms with Crippen molar-refractivity contribution in [2.45, 2.75) is 58.2 Å². The zero-order chi connectivity index (χ0) is 28.8. The van der Waals surface area contributed by atoms with Gasteiger partial charge in [0.2, 0.25) is 0 Å². The van der Waals surface area contributed by atoms with E-state index in [0.717, 1.165) is 0 Å². The lowest BCUT2D eigenvalue weighted by atomic mass is 9.75. The fourth-order valence-corrected chi connectivity index (χ4v) is 9.03. The number of sulfone groups is 1. The second kappa shape index (κ2) is 11.2. The Balaban J connectivity index is 1.67. The first-order chi connectivity index (χ1) is 18.2. The smallest absolute Gasteiger partial charge is 0.360 e. The highest BCUT2D eigenvalue weighted by Gasteiger charge is 2.52. The molecule has 0 radical (unpaired) electrons. The van der Waals surface area contributed by atoms with Crippen molar-refractivity contribution in [3.05, 3.63) is 39.6 Å². The Hall–Kier alpha value is -1.79. The molecule has 9 nitrogen and oxygen atoms in total. The fourth-order valence-electron chi connectivity index (χ4n) is 5.16. The van der Waals surface area contributed by atoms with E-state index in [2.05, 4.69) is 9.71 Å². The number of ether oxygens (including phenoxy) is 1. The summed E-state index contributed by atoms with van der Waals surface area (Å²) in [7, 11) is -4.70. The van der Waals surface area contributed by atoms with Gasteiger partial charge in [-0.05, 0) is 53.5 Å². The van der Waals surface area contributed by atoms with Crippen LogP contribution < -0.4 is 9.62 Å². The molecule has 2 atom stereocenters. The molecule has 2 saturated heterocycles. The topological polar surface area (TPSA) is 119 Å². The third-order valence-electron chi connectivity index (χ3n) is 7.26. The van der Waals surface area contributed by atoms with Crippen molar-refractivity contribution in [3.63, 3.8) is 0 Å². The first kappa shape index (κ1) is 30.2. The maximum atomic E-state index is 13.0. The summed E-state index contributed by atoms with van der Waals surface area (Å²) in [5.74, 6) is -0.236. The van der Waals surface area contributed by atoms with Crippen LogP contribution in [-0.4, -0.2) is 70.6 Å². The highest BCUT2D eigenvalue weighted by molar-refractivity contribution is 7.91. The Kier molecular flexibility index (Phi) is 8.69. The molecule has 39 heavy (non-hydrogen) atoms. The number of hydrogen-bond acceptors (Lipinski definition) is 8. The molecule has 0 saturated carbocycles. The number of esters is 1. The van der Waals surface area contributed by atoms with E-state index in [1.54, 1.807) is 32.0 Å². The molecule has 1 N–H and O–H groups in total. The molecule has 2 fully saturated rings. The Morgan fingerprint density at radius 2 is 1.90 bits per heavy atom. The first-order valence-corrected chi connectivity index (χ1v) is 16.5. The number of piperidine rings is 1. The van der Waals surface area contributed by atoms with Gasteiger partial charge in [0.25, 0.3) is 0 Å². The van der Waals surface area contributed by atoms with Crippen LogP contribution >= 0.6 is 23.2 Å². The Bertz CT molecular complexity index is 1400. The summed E-state index contributed by atoms with van der Waals surface area (Å²) in [5, 5.41) is 0.674. The summed E-state index contributed by atoms with van der Waals surface area (Å²) in [5.41, 5.74) is 1.05. The van der Waals surface area contributed by atoms with Crippen LogP contribution in [0.3, 0.4) is 0 Å². The second-order valence-electron chi connectivity index (χ2n) is 11.1. The molecule has 2 aliphatic rings. The molecule has 0 amide bonds. The van der Waals surface area contributed by atoms with Crippen molar-refractivity contribution >= 4 is 55.8 Å².